The van der Waals surface area contributed by atoms with E-state index in [1.807, 2.05) is 0 Å². The van der Waals surface area contributed by atoms with Crippen LogP contribution in [0.2, 0.25) is 0 Å². The average molecular weight is 329 g/mol. The molecule has 0 spiro atoms. The van der Waals surface area contributed by atoms with Gasteiger partial charge in [0, 0.05) is 30.8 Å². The summed E-state index contributed by atoms with van der Waals surface area (Å²) in [4.78, 5) is 16.0. The van der Waals surface area contributed by atoms with Crippen LogP contribution >= 0.6 is 0 Å². The van der Waals surface area contributed by atoms with Crippen LogP contribution < -0.4 is 12.3 Å². The summed E-state index contributed by atoms with van der Waals surface area (Å²) in [5.41, 5.74) is 0. The van der Waals surface area contributed by atoms with Gasteiger partial charge >= 0.3 is 0 Å². The normalized spacial score (nSPS) is 5.86. The molecule has 0 saturated heterocycles. The molecule has 0 unspecified atom stereocenters. The number of rotatable bonds is 0. The number of hydrogen-bond acceptors (Lipinski definition) is 12. The summed E-state index contributed by atoms with van der Waals surface area (Å²) in [6.07, 6.45) is 0. The third kappa shape index (κ3) is 2120. The van der Waals surface area contributed by atoms with Crippen LogP contribution in [0.25, 0.3) is 0 Å². The Balaban J connectivity index is -0.0000000162. The monoisotopic (exact) mass is 328 g/mol. The Morgan fingerprint density at radius 1 is 0.857 bits per heavy atom. The minimum atomic E-state index is -5.17. The Morgan fingerprint density at radius 3 is 0.857 bits per heavy atom. The first-order valence-electron chi connectivity index (χ1n) is 1.40. The Kier molecular flexibility index (Phi) is 79.7. The molecule has 0 fully saturated rings. The Hall–Kier alpha value is -0.748. The molecule has 14 heavy (non-hydrogen) atoms. The van der Waals surface area contributed by atoms with Crippen LogP contribution in [-0.4, -0.2) is 17.5 Å². The van der Waals surface area contributed by atoms with E-state index in [-0.39, 0.29) is 32.7 Å². The van der Waals surface area contributed by atoms with E-state index < -0.39 is 10.4 Å². The van der Waals surface area contributed by atoms with Crippen molar-refractivity contribution < 1.29 is 37.9 Å². The van der Waals surface area contributed by atoms with Crippen LogP contribution in [0.15, 0.2) is 10.7 Å². The van der Waals surface area contributed by atoms with Gasteiger partial charge < -0.3 is 41.6 Å². The van der Waals surface area contributed by atoms with Crippen molar-refractivity contribution in [3.8, 4) is 0 Å². The fourth-order valence-electron chi connectivity index (χ4n) is 0. The van der Waals surface area contributed by atoms with Crippen LogP contribution in [-0.2, 0) is 30.8 Å². The second kappa shape index (κ2) is 29.5. The summed E-state index contributed by atoms with van der Waals surface area (Å²) in [6, 6.07) is 0. The van der Waals surface area contributed by atoms with Crippen molar-refractivity contribution >= 4 is 10.4 Å². The van der Waals surface area contributed by atoms with E-state index in [2.05, 4.69) is 0 Å². The van der Waals surface area contributed by atoms with E-state index in [0.717, 1.165) is 10.7 Å². The molecule has 0 aromatic heterocycles. The Labute approximate surface area is 92.0 Å². The van der Waals surface area contributed by atoms with Crippen LogP contribution in [0, 0.1) is 20.2 Å². The fraction of sp³-hybridized carbons (Fsp3) is 0. The van der Waals surface area contributed by atoms with Gasteiger partial charge in [-0.25, -0.2) is 0 Å². The van der Waals surface area contributed by atoms with Crippen molar-refractivity contribution in [2.75, 3.05) is 0 Å². The van der Waals surface area contributed by atoms with Crippen molar-refractivity contribution in [2.24, 2.45) is 10.7 Å². The Morgan fingerprint density at radius 2 is 0.857 bits per heavy atom. The van der Waals surface area contributed by atoms with E-state index in [4.69, 9.17) is 37.8 Å². The van der Waals surface area contributed by atoms with E-state index in [9.17, 15) is 0 Å². The molecule has 0 bridgehead atoms. The largest absolute Gasteiger partial charge is 0.759 e. The van der Waals surface area contributed by atoms with Gasteiger partial charge in [-0.1, -0.05) is 0 Å². The molecular weight excluding hydrogens is 323 g/mol. The van der Waals surface area contributed by atoms with E-state index in [1.165, 1.54) is 0 Å². The number of nitrogens with zero attached hydrogens (tertiary/aromatic N) is 2. The standard InChI is InChI=1S/2HNO2.2H3N.H2O4S.Pd/c2*2-1-3;;;1-5(2,3)4;/h2*(H,2,3);2*1H3;(H2,1,2,3,4);/p-4. The maximum atomic E-state index is 8.52. The first-order valence-corrected chi connectivity index (χ1v) is 2.73. The van der Waals surface area contributed by atoms with Crippen LogP contribution in [0.5, 0.6) is 0 Å². The minimum absolute atomic E-state index is 0. The SMILES string of the molecule is N.N.O=N[O-].O=N[O-].O=S(=O)([O-])[O-].[Pd]. The quantitative estimate of drug-likeness (QED) is 0.189. The van der Waals surface area contributed by atoms with Crippen molar-refractivity contribution in [3.05, 3.63) is 20.2 Å². The maximum Gasteiger partial charge on any atom is 0.0311 e. The molecule has 0 atom stereocenters. The molecule has 0 rings (SSSR count). The topological polar surface area (TPSA) is 255 Å². The first kappa shape index (κ1) is 37.8. The molecule has 0 heterocycles. The molecule has 0 aromatic carbocycles. The summed E-state index contributed by atoms with van der Waals surface area (Å²) in [5, 5.41) is 18.0. The van der Waals surface area contributed by atoms with Gasteiger partial charge in [0.15, 0.2) is 0 Å². The second-order valence-corrected chi connectivity index (χ2v) is 1.37. The molecule has 94 valence electrons. The summed E-state index contributed by atoms with van der Waals surface area (Å²) in [7, 11) is -5.17. The fourth-order valence-corrected chi connectivity index (χ4v) is 0. The molecular formula is H6N4O8PdS-4. The third-order valence-corrected chi connectivity index (χ3v) is 0. The van der Waals surface area contributed by atoms with Gasteiger partial charge in [-0.15, -0.1) is 10.7 Å². The van der Waals surface area contributed by atoms with Gasteiger partial charge in [-0.05, 0) is 0 Å². The molecule has 0 aromatic rings. The van der Waals surface area contributed by atoms with Crippen LogP contribution in [0.4, 0.5) is 0 Å². The molecule has 0 aliphatic heterocycles. The van der Waals surface area contributed by atoms with Crippen LogP contribution in [0.3, 0.4) is 0 Å². The average Bonchev–Trinajstić information content (AvgIpc) is 1.62. The van der Waals surface area contributed by atoms with E-state index >= 15 is 0 Å². The van der Waals surface area contributed by atoms with Gasteiger partial charge in [0.05, 0.1) is 0 Å². The summed E-state index contributed by atoms with van der Waals surface area (Å²) in [5.74, 6) is 0. The Bertz CT molecular complexity index is 162. The van der Waals surface area contributed by atoms with E-state index in [1.54, 1.807) is 0 Å². The van der Waals surface area contributed by atoms with Gasteiger partial charge in [0.2, 0.25) is 0 Å². The summed E-state index contributed by atoms with van der Waals surface area (Å²) in [6.45, 7) is 0. The smallest absolute Gasteiger partial charge is 0.0311 e. The predicted molar refractivity (Wildman–Crippen MR) is 38.8 cm³/mol. The van der Waals surface area contributed by atoms with Gasteiger partial charge in [-0.2, -0.15) is 0 Å². The zero-order valence-electron chi connectivity index (χ0n) is 6.30. The van der Waals surface area contributed by atoms with Crippen molar-refractivity contribution in [3.63, 3.8) is 0 Å². The first-order chi connectivity index (χ1) is 4.83. The second-order valence-electron chi connectivity index (χ2n) is 0.557. The molecule has 0 aliphatic carbocycles. The van der Waals surface area contributed by atoms with Crippen molar-refractivity contribution in [1.29, 1.82) is 0 Å². The zero-order chi connectivity index (χ0) is 9.91. The predicted octanol–water partition coefficient (Wildman–Crippen LogP) is -0.515. The van der Waals surface area contributed by atoms with Gasteiger partial charge in [0.1, 0.15) is 0 Å². The minimum Gasteiger partial charge on any atom is -0.759 e. The number of hydrogen-bond donors (Lipinski definition) is 2. The van der Waals surface area contributed by atoms with Gasteiger partial charge in [-0.3, -0.25) is 8.42 Å². The maximum absolute atomic E-state index is 8.52. The summed E-state index contributed by atoms with van der Waals surface area (Å²) >= 11 is 0. The molecule has 0 amide bonds. The molecule has 0 aliphatic rings. The third-order valence-electron chi connectivity index (χ3n) is 0. The van der Waals surface area contributed by atoms with Gasteiger partial charge in [0.25, 0.3) is 0 Å². The van der Waals surface area contributed by atoms with Crippen molar-refractivity contribution in [2.45, 2.75) is 0 Å². The molecule has 0 radical (unpaired) electrons. The van der Waals surface area contributed by atoms with E-state index in [0.29, 0.717) is 0 Å². The molecule has 12 nitrogen and oxygen atoms in total. The van der Waals surface area contributed by atoms with Crippen LogP contribution in [0.1, 0.15) is 0 Å². The zero-order valence-corrected chi connectivity index (χ0v) is 8.67. The molecule has 0 saturated carbocycles. The summed E-state index contributed by atoms with van der Waals surface area (Å²) < 4.78 is 34.1. The molecule has 14 heteroatoms. The molecule has 6 N–H and O–H groups in total. The van der Waals surface area contributed by atoms with Crippen molar-refractivity contribution in [1.82, 2.24) is 12.3 Å².